The standard InChI is InChI=1S/C10H16N2O2/c1-3-9-8(7-12(2)11-9)5-4-6-10(13)14/h7H,3-6H2,1-2H3,(H,13,14). The van der Waals surface area contributed by atoms with Gasteiger partial charge in [0.15, 0.2) is 0 Å². The maximum absolute atomic E-state index is 10.3. The molecule has 1 aromatic rings. The lowest BCUT2D eigenvalue weighted by atomic mass is 10.1. The van der Waals surface area contributed by atoms with E-state index in [1.54, 1.807) is 4.68 Å². The molecule has 4 nitrogen and oxygen atoms in total. The molecule has 0 aliphatic rings. The molecule has 0 spiro atoms. The third-order valence-corrected chi connectivity index (χ3v) is 2.16. The van der Waals surface area contributed by atoms with E-state index in [2.05, 4.69) is 12.0 Å². The van der Waals surface area contributed by atoms with Gasteiger partial charge in [-0.1, -0.05) is 6.92 Å². The Balaban J connectivity index is 2.52. The highest BCUT2D eigenvalue weighted by Crippen LogP contribution is 2.10. The van der Waals surface area contributed by atoms with Crippen LogP contribution in [0.3, 0.4) is 0 Å². The summed E-state index contributed by atoms with van der Waals surface area (Å²) < 4.78 is 1.79. The fraction of sp³-hybridized carbons (Fsp3) is 0.600. The van der Waals surface area contributed by atoms with E-state index < -0.39 is 5.97 Å². The molecule has 4 heteroatoms. The first kappa shape index (κ1) is 10.8. The van der Waals surface area contributed by atoms with Gasteiger partial charge < -0.3 is 5.11 Å². The molecular formula is C10H16N2O2. The highest BCUT2D eigenvalue weighted by molar-refractivity contribution is 5.66. The van der Waals surface area contributed by atoms with Gasteiger partial charge in [0.25, 0.3) is 0 Å². The zero-order chi connectivity index (χ0) is 10.6. The Labute approximate surface area is 83.5 Å². The second-order valence-corrected chi connectivity index (χ2v) is 3.38. The van der Waals surface area contributed by atoms with E-state index in [4.69, 9.17) is 5.11 Å². The quantitative estimate of drug-likeness (QED) is 0.774. The van der Waals surface area contributed by atoms with Crippen molar-refractivity contribution >= 4 is 5.97 Å². The summed E-state index contributed by atoms with van der Waals surface area (Å²) in [4.78, 5) is 10.3. The van der Waals surface area contributed by atoms with Gasteiger partial charge in [-0.15, -0.1) is 0 Å². The van der Waals surface area contributed by atoms with E-state index in [1.165, 1.54) is 5.56 Å². The van der Waals surface area contributed by atoms with Gasteiger partial charge in [0.1, 0.15) is 0 Å². The Morgan fingerprint density at radius 2 is 2.36 bits per heavy atom. The van der Waals surface area contributed by atoms with Crippen molar-refractivity contribution < 1.29 is 9.90 Å². The zero-order valence-corrected chi connectivity index (χ0v) is 8.66. The van der Waals surface area contributed by atoms with Gasteiger partial charge in [-0.05, 0) is 24.8 Å². The number of carboxylic acids is 1. The summed E-state index contributed by atoms with van der Waals surface area (Å²) in [5.74, 6) is -0.730. The van der Waals surface area contributed by atoms with Crippen molar-refractivity contribution in [2.45, 2.75) is 32.6 Å². The van der Waals surface area contributed by atoms with Crippen LogP contribution in [0, 0.1) is 0 Å². The lowest BCUT2D eigenvalue weighted by Gasteiger charge is -1.97. The molecule has 0 radical (unpaired) electrons. The maximum atomic E-state index is 10.3. The third-order valence-electron chi connectivity index (χ3n) is 2.16. The first-order valence-electron chi connectivity index (χ1n) is 4.86. The van der Waals surface area contributed by atoms with Gasteiger partial charge >= 0.3 is 5.97 Å². The van der Waals surface area contributed by atoms with Crippen molar-refractivity contribution in [3.05, 3.63) is 17.5 Å². The average molecular weight is 196 g/mol. The number of carbonyl (C=O) groups is 1. The number of aryl methyl sites for hydroxylation is 3. The Hall–Kier alpha value is -1.32. The maximum Gasteiger partial charge on any atom is 0.303 e. The molecular weight excluding hydrogens is 180 g/mol. The smallest absolute Gasteiger partial charge is 0.303 e. The molecule has 1 heterocycles. The molecule has 1 aromatic heterocycles. The highest BCUT2D eigenvalue weighted by Gasteiger charge is 2.06. The molecule has 0 aliphatic heterocycles. The van der Waals surface area contributed by atoms with Crippen LogP contribution >= 0.6 is 0 Å². The van der Waals surface area contributed by atoms with Crippen LogP contribution < -0.4 is 0 Å². The van der Waals surface area contributed by atoms with E-state index in [0.717, 1.165) is 18.5 Å². The van der Waals surface area contributed by atoms with Gasteiger partial charge in [-0.25, -0.2) is 0 Å². The van der Waals surface area contributed by atoms with Crippen molar-refractivity contribution in [3.63, 3.8) is 0 Å². The number of nitrogens with zero attached hydrogens (tertiary/aromatic N) is 2. The van der Waals surface area contributed by atoms with Gasteiger partial charge in [-0.3, -0.25) is 9.48 Å². The largest absolute Gasteiger partial charge is 0.481 e. The lowest BCUT2D eigenvalue weighted by molar-refractivity contribution is -0.137. The van der Waals surface area contributed by atoms with Crippen molar-refractivity contribution in [1.82, 2.24) is 9.78 Å². The summed E-state index contributed by atoms with van der Waals surface area (Å²) in [5.41, 5.74) is 2.26. The van der Waals surface area contributed by atoms with Crippen molar-refractivity contribution in [2.24, 2.45) is 7.05 Å². The van der Waals surface area contributed by atoms with Crippen molar-refractivity contribution in [2.75, 3.05) is 0 Å². The molecule has 0 amide bonds. The van der Waals surface area contributed by atoms with Crippen LogP contribution in [0.25, 0.3) is 0 Å². The van der Waals surface area contributed by atoms with Gasteiger partial charge in [-0.2, -0.15) is 5.10 Å². The number of aromatic nitrogens is 2. The number of hydrogen-bond donors (Lipinski definition) is 1. The second-order valence-electron chi connectivity index (χ2n) is 3.38. The first-order valence-corrected chi connectivity index (χ1v) is 4.86. The minimum absolute atomic E-state index is 0.234. The first-order chi connectivity index (χ1) is 6.63. The molecule has 1 N–H and O–H groups in total. The monoisotopic (exact) mass is 196 g/mol. The summed E-state index contributed by atoms with van der Waals surface area (Å²) in [5, 5.41) is 12.8. The molecule has 0 saturated heterocycles. The van der Waals surface area contributed by atoms with Crippen LogP contribution in [0.2, 0.25) is 0 Å². The number of hydrogen-bond acceptors (Lipinski definition) is 2. The summed E-state index contributed by atoms with van der Waals surface area (Å²) >= 11 is 0. The molecule has 0 fully saturated rings. The third kappa shape index (κ3) is 2.87. The predicted molar refractivity (Wildman–Crippen MR) is 53.2 cm³/mol. The van der Waals surface area contributed by atoms with Crippen LogP contribution in [0.1, 0.15) is 31.0 Å². The molecule has 14 heavy (non-hydrogen) atoms. The fourth-order valence-corrected chi connectivity index (χ4v) is 1.52. The zero-order valence-electron chi connectivity index (χ0n) is 8.66. The van der Waals surface area contributed by atoms with E-state index in [1.807, 2.05) is 13.2 Å². The normalized spacial score (nSPS) is 10.4. The van der Waals surface area contributed by atoms with E-state index in [9.17, 15) is 4.79 Å². The Morgan fingerprint density at radius 3 is 2.93 bits per heavy atom. The number of carboxylic acid groups (broad SMARTS) is 1. The molecule has 0 atom stereocenters. The predicted octanol–water partition coefficient (Wildman–Crippen LogP) is 1.39. The Kier molecular flexibility index (Phi) is 3.68. The molecule has 0 aromatic carbocycles. The van der Waals surface area contributed by atoms with Crippen LogP contribution in [-0.4, -0.2) is 20.9 Å². The molecule has 78 valence electrons. The van der Waals surface area contributed by atoms with E-state index in [-0.39, 0.29) is 6.42 Å². The van der Waals surface area contributed by atoms with E-state index in [0.29, 0.717) is 6.42 Å². The van der Waals surface area contributed by atoms with Gasteiger partial charge in [0, 0.05) is 19.7 Å². The molecule has 0 bridgehead atoms. The molecule has 0 unspecified atom stereocenters. The summed E-state index contributed by atoms with van der Waals surface area (Å²) in [6.45, 7) is 2.06. The highest BCUT2D eigenvalue weighted by atomic mass is 16.4. The lowest BCUT2D eigenvalue weighted by Crippen LogP contribution is -1.96. The van der Waals surface area contributed by atoms with Gasteiger partial charge in [0.05, 0.1) is 5.69 Å². The van der Waals surface area contributed by atoms with Crippen LogP contribution in [0.4, 0.5) is 0 Å². The number of rotatable bonds is 5. The summed E-state index contributed by atoms with van der Waals surface area (Å²) in [7, 11) is 1.89. The average Bonchev–Trinajstić information content (AvgIpc) is 2.45. The minimum atomic E-state index is -0.730. The molecule has 1 rings (SSSR count). The number of aliphatic carboxylic acids is 1. The topological polar surface area (TPSA) is 55.1 Å². The second kappa shape index (κ2) is 4.79. The van der Waals surface area contributed by atoms with E-state index >= 15 is 0 Å². The molecule has 0 saturated carbocycles. The SMILES string of the molecule is CCc1nn(C)cc1CCCC(=O)O. The Morgan fingerprint density at radius 1 is 1.64 bits per heavy atom. The van der Waals surface area contributed by atoms with Crippen LogP contribution in [0.15, 0.2) is 6.20 Å². The van der Waals surface area contributed by atoms with Crippen molar-refractivity contribution in [1.29, 1.82) is 0 Å². The molecule has 0 aliphatic carbocycles. The van der Waals surface area contributed by atoms with Gasteiger partial charge in [0.2, 0.25) is 0 Å². The van der Waals surface area contributed by atoms with Crippen molar-refractivity contribution in [3.8, 4) is 0 Å². The summed E-state index contributed by atoms with van der Waals surface area (Å²) in [6.07, 6.45) is 4.61. The summed E-state index contributed by atoms with van der Waals surface area (Å²) in [6, 6.07) is 0. The fourth-order valence-electron chi connectivity index (χ4n) is 1.52. The van der Waals surface area contributed by atoms with Crippen LogP contribution in [0.5, 0.6) is 0 Å². The van der Waals surface area contributed by atoms with Crippen LogP contribution in [-0.2, 0) is 24.7 Å². The minimum Gasteiger partial charge on any atom is -0.481 e. The Bertz CT molecular complexity index is 318.